The van der Waals surface area contributed by atoms with Crippen LogP contribution in [0.4, 0.5) is 10.1 Å². The molecule has 0 radical (unpaired) electrons. The Labute approximate surface area is 199 Å². The van der Waals surface area contributed by atoms with Gasteiger partial charge in [0.15, 0.2) is 0 Å². The van der Waals surface area contributed by atoms with E-state index in [9.17, 15) is 18.8 Å². The minimum Gasteiger partial charge on any atom is -0.380 e. The summed E-state index contributed by atoms with van der Waals surface area (Å²) in [6, 6.07) is 10.8. The van der Waals surface area contributed by atoms with E-state index in [1.54, 1.807) is 31.4 Å². The number of rotatable bonds is 8. The van der Waals surface area contributed by atoms with Gasteiger partial charge in [-0.05, 0) is 40.2 Å². The van der Waals surface area contributed by atoms with Crippen LogP contribution in [0.25, 0.3) is 0 Å². The molecule has 1 unspecified atom stereocenters. The number of carbonyl (C=O) groups excluding carboxylic acids is 3. The van der Waals surface area contributed by atoms with Crippen LogP contribution in [0.15, 0.2) is 42.5 Å². The highest BCUT2D eigenvalue weighted by atomic mass is 19.1. The third-order valence-corrected chi connectivity index (χ3v) is 5.77. The molecule has 1 saturated heterocycles. The lowest BCUT2D eigenvalue weighted by molar-refractivity contribution is -0.127. The first kappa shape index (κ1) is 25.4. The highest BCUT2D eigenvalue weighted by Gasteiger charge is 2.28. The fraction of sp³-hybridized carbons (Fsp3) is 0.423. The van der Waals surface area contributed by atoms with Crippen molar-refractivity contribution < 1.29 is 23.5 Å². The summed E-state index contributed by atoms with van der Waals surface area (Å²) in [6.07, 6.45) is 0.411. The highest BCUT2D eigenvalue weighted by Crippen LogP contribution is 2.27. The predicted octanol–water partition coefficient (Wildman–Crippen LogP) is 3.59. The molecule has 34 heavy (non-hydrogen) atoms. The summed E-state index contributed by atoms with van der Waals surface area (Å²) in [7, 11) is 1.59. The van der Waals surface area contributed by atoms with E-state index in [0.29, 0.717) is 30.0 Å². The van der Waals surface area contributed by atoms with E-state index in [-0.39, 0.29) is 36.0 Å². The van der Waals surface area contributed by atoms with E-state index < -0.39 is 17.8 Å². The Hall–Kier alpha value is -3.26. The normalized spacial score (nSPS) is 16.6. The van der Waals surface area contributed by atoms with E-state index in [2.05, 4.69) is 16.0 Å². The van der Waals surface area contributed by atoms with Crippen LogP contribution in [-0.2, 0) is 31.1 Å². The van der Waals surface area contributed by atoms with Gasteiger partial charge in [-0.3, -0.25) is 14.4 Å². The summed E-state index contributed by atoms with van der Waals surface area (Å²) in [5.41, 5.74) is 1.98. The Balaban J connectivity index is 1.79. The summed E-state index contributed by atoms with van der Waals surface area (Å²) in [4.78, 5) is 37.4. The molecule has 8 heteroatoms. The summed E-state index contributed by atoms with van der Waals surface area (Å²) in [5, 5.41) is 8.21. The molecule has 0 aliphatic carbocycles. The average molecular weight is 470 g/mol. The predicted molar refractivity (Wildman–Crippen MR) is 128 cm³/mol. The molecule has 1 aliphatic heterocycles. The molecule has 7 nitrogen and oxygen atoms in total. The Kier molecular flexibility index (Phi) is 8.04. The van der Waals surface area contributed by atoms with E-state index in [4.69, 9.17) is 4.74 Å². The first-order valence-corrected chi connectivity index (χ1v) is 11.3. The maximum atomic E-state index is 14.6. The van der Waals surface area contributed by atoms with Crippen molar-refractivity contribution in [1.29, 1.82) is 0 Å². The molecule has 0 saturated carbocycles. The molecule has 1 fully saturated rings. The molecule has 3 rings (SSSR count). The molecule has 1 aliphatic rings. The number of halogens is 1. The van der Waals surface area contributed by atoms with Crippen molar-refractivity contribution in [3.63, 3.8) is 0 Å². The second-order valence-electron chi connectivity index (χ2n) is 9.69. The first-order valence-electron chi connectivity index (χ1n) is 11.3. The molecular formula is C26H32FN3O4. The fourth-order valence-corrected chi connectivity index (χ4v) is 3.98. The van der Waals surface area contributed by atoms with E-state index >= 15 is 0 Å². The molecule has 0 spiro atoms. The topological polar surface area (TPSA) is 96.5 Å². The average Bonchev–Trinajstić information content (AvgIpc) is 3.16. The zero-order chi connectivity index (χ0) is 24.9. The van der Waals surface area contributed by atoms with Crippen LogP contribution in [-0.4, -0.2) is 31.4 Å². The zero-order valence-electron chi connectivity index (χ0n) is 20.0. The van der Waals surface area contributed by atoms with Gasteiger partial charge in [0.25, 0.3) is 5.91 Å². The molecule has 182 valence electrons. The van der Waals surface area contributed by atoms with Crippen LogP contribution in [0.3, 0.4) is 0 Å². The van der Waals surface area contributed by atoms with Gasteiger partial charge in [0.05, 0.1) is 6.61 Å². The molecule has 2 aromatic rings. The molecular weight excluding hydrogens is 437 g/mol. The fourth-order valence-electron chi connectivity index (χ4n) is 3.98. The lowest BCUT2D eigenvalue weighted by Crippen LogP contribution is -2.38. The molecule has 2 atom stereocenters. The number of carbonyl (C=O) groups is 3. The van der Waals surface area contributed by atoms with Gasteiger partial charge in [0, 0.05) is 32.2 Å². The molecule has 3 N–H and O–H groups in total. The minimum absolute atomic E-state index is 0.0819. The third-order valence-electron chi connectivity index (χ3n) is 5.77. The number of anilines is 1. The first-order chi connectivity index (χ1) is 16.1. The van der Waals surface area contributed by atoms with Crippen molar-refractivity contribution in [2.75, 3.05) is 19.0 Å². The van der Waals surface area contributed by atoms with Crippen molar-refractivity contribution in [3.8, 4) is 0 Å². The molecule has 2 aromatic carbocycles. The van der Waals surface area contributed by atoms with Gasteiger partial charge in [-0.25, -0.2) is 4.39 Å². The van der Waals surface area contributed by atoms with E-state index in [0.717, 1.165) is 5.56 Å². The van der Waals surface area contributed by atoms with E-state index in [1.165, 1.54) is 6.07 Å². The number of methoxy groups -OCH3 is 1. The van der Waals surface area contributed by atoms with Gasteiger partial charge in [0.1, 0.15) is 11.9 Å². The Bertz CT molecular complexity index is 1050. The minimum atomic E-state index is -0.987. The number of hydrogen-bond acceptors (Lipinski definition) is 4. The van der Waals surface area contributed by atoms with Crippen molar-refractivity contribution in [3.05, 3.63) is 65.0 Å². The van der Waals surface area contributed by atoms with Crippen LogP contribution in [0, 0.1) is 11.7 Å². The van der Waals surface area contributed by atoms with Crippen molar-refractivity contribution in [1.82, 2.24) is 10.6 Å². The number of ether oxygens (including phenoxy) is 1. The Morgan fingerprint density at radius 1 is 1.18 bits per heavy atom. The van der Waals surface area contributed by atoms with Crippen molar-refractivity contribution in [2.24, 2.45) is 5.92 Å². The van der Waals surface area contributed by atoms with Gasteiger partial charge < -0.3 is 20.7 Å². The summed E-state index contributed by atoms with van der Waals surface area (Å²) >= 11 is 0. The molecule has 3 amide bonds. The highest BCUT2D eigenvalue weighted by molar-refractivity contribution is 5.98. The second-order valence-corrected chi connectivity index (χ2v) is 9.69. The second kappa shape index (κ2) is 10.8. The van der Waals surface area contributed by atoms with Gasteiger partial charge in [-0.2, -0.15) is 0 Å². The lowest BCUT2D eigenvalue weighted by Gasteiger charge is -2.22. The monoisotopic (exact) mass is 469 g/mol. The van der Waals surface area contributed by atoms with Gasteiger partial charge in [-0.15, -0.1) is 0 Å². The third kappa shape index (κ3) is 6.63. The SMILES string of the molecule is COCc1ccc([C@@H](NC(=O)CC2CNC(=O)C2)C(=O)Nc2ccc(C(C)(C)C)c(F)c2)cc1. The van der Waals surface area contributed by atoms with Crippen LogP contribution >= 0.6 is 0 Å². The van der Waals surface area contributed by atoms with Crippen molar-refractivity contribution in [2.45, 2.75) is 51.7 Å². The number of hydrogen-bond donors (Lipinski definition) is 3. The summed E-state index contributed by atoms with van der Waals surface area (Å²) in [6.45, 7) is 6.60. The quantitative estimate of drug-likeness (QED) is 0.551. The van der Waals surface area contributed by atoms with Crippen LogP contribution in [0.5, 0.6) is 0 Å². The summed E-state index contributed by atoms with van der Waals surface area (Å²) in [5.74, 6) is -1.43. The van der Waals surface area contributed by atoms with Crippen LogP contribution in [0.2, 0.25) is 0 Å². The van der Waals surface area contributed by atoms with Gasteiger partial charge in [-0.1, -0.05) is 51.1 Å². The van der Waals surface area contributed by atoms with E-state index in [1.807, 2.05) is 32.9 Å². The van der Waals surface area contributed by atoms with Gasteiger partial charge in [0.2, 0.25) is 11.8 Å². The Morgan fingerprint density at radius 3 is 2.44 bits per heavy atom. The molecule has 0 aromatic heterocycles. The molecule has 1 heterocycles. The number of nitrogens with one attached hydrogen (secondary N) is 3. The number of amides is 3. The smallest absolute Gasteiger partial charge is 0.251 e. The van der Waals surface area contributed by atoms with Crippen LogP contribution < -0.4 is 16.0 Å². The van der Waals surface area contributed by atoms with Crippen molar-refractivity contribution >= 4 is 23.4 Å². The summed E-state index contributed by atoms with van der Waals surface area (Å²) < 4.78 is 19.8. The Morgan fingerprint density at radius 2 is 1.88 bits per heavy atom. The van der Waals surface area contributed by atoms with Crippen LogP contribution in [0.1, 0.15) is 56.3 Å². The lowest BCUT2D eigenvalue weighted by atomic mass is 9.86. The standard InChI is InChI=1S/C26H32FN3O4/c1-26(2,3)20-10-9-19(13-21(20)27)29-25(33)24(18-7-5-16(6-8-18)15-34-4)30-23(32)12-17-11-22(31)28-14-17/h5-10,13,17,24H,11-12,14-15H2,1-4H3,(H,28,31)(H,29,33)(H,30,32)/t17?,24-/m1/s1. The largest absolute Gasteiger partial charge is 0.380 e. The maximum Gasteiger partial charge on any atom is 0.251 e. The molecule has 0 bridgehead atoms. The number of benzene rings is 2. The van der Waals surface area contributed by atoms with Gasteiger partial charge >= 0.3 is 0 Å². The zero-order valence-corrected chi connectivity index (χ0v) is 20.0. The maximum absolute atomic E-state index is 14.6.